The molecule has 0 spiro atoms. The zero-order chi connectivity index (χ0) is 12.1. The number of nitrogens with two attached hydrogens (primary N) is 1. The lowest BCUT2D eigenvalue weighted by Crippen LogP contribution is -2.34. The molecule has 92 valence electrons. The lowest BCUT2D eigenvalue weighted by atomic mass is 9.94. The van der Waals surface area contributed by atoms with Crippen molar-refractivity contribution in [1.29, 1.82) is 0 Å². The Morgan fingerprint density at radius 2 is 2.19 bits per heavy atom. The van der Waals surface area contributed by atoms with Gasteiger partial charge in [0.05, 0.1) is 17.4 Å². The van der Waals surface area contributed by atoms with Crippen LogP contribution in [0.4, 0.5) is 0 Å². The molecule has 1 heterocycles. The number of hydrazine groups is 1. The Morgan fingerprint density at radius 3 is 2.69 bits per heavy atom. The van der Waals surface area contributed by atoms with Gasteiger partial charge >= 0.3 is 0 Å². The molecule has 1 aromatic rings. The highest BCUT2D eigenvalue weighted by molar-refractivity contribution is 5.14. The van der Waals surface area contributed by atoms with Gasteiger partial charge in [-0.3, -0.25) is 16.0 Å². The van der Waals surface area contributed by atoms with E-state index in [0.717, 1.165) is 12.2 Å². The van der Waals surface area contributed by atoms with Crippen molar-refractivity contribution in [3.8, 4) is 0 Å². The summed E-state index contributed by atoms with van der Waals surface area (Å²) in [6.45, 7) is 9.45. The van der Waals surface area contributed by atoms with Crippen molar-refractivity contribution in [3.05, 3.63) is 17.5 Å². The van der Waals surface area contributed by atoms with E-state index >= 15 is 0 Å². The number of rotatable bonds is 6. The molecule has 1 aromatic heterocycles. The molecule has 3 N–H and O–H groups in total. The average molecular weight is 224 g/mol. The predicted octanol–water partition coefficient (Wildman–Crippen LogP) is 2.15. The first-order valence-electron chi connectivity index (χ1n) is 6.14. The molecule has 4 nitrogen and oxygen atoms in total. The van der Waals surface area contributed by atoms with E-state index in [4.69, 9.17) is 5.84 Å². The van der Waals surface area contributed by atoms with Gasteiger partial charge in [0.25, 0.3) is 0 Å². The zero-order valence-electron chi connectivity index (χ0n) is 10.8. The maximum atomic E-state index is 5.68. The Balaban J connectivity index is 2.93. The van der Waals surface area contributed by atoms with Gasteiger partial charge in [0.15, 0.2) is 0 Å². The molecule has 0 bridgehead atoms. The van der Waals surface area contributed by atoms with E-state index in [-0.39, 0.29) is 6.04 Å². The molecule has 4 heteroatoms. The van der Waals surface area contributed by atoms with Gasteiger partial charge in [0.2, 0.25) is 0 Å². The van der Waals surface area contributed by atoms with Crippen molar-refractivity contribution >= 4 is 0 Å². The second-order valence-electron chi connectivity index (χ2n) is 4.44. The summed E-state index contributed by atoms with van der Waals surface area (Å²) in [6, 6.07) is 2.32. The van der Waals surface area contributed by atoms with Crippen LogP contribution in [0.3, 0.4) is 0 Å². The van der Waals surface area contributed by atoms with E-state index in [1.165, 1.54) is 18.5 Å². The van der Waals surface area contributed by atoms with Crippen molar-refractivity contribution in [2.45, 2.75) is 53.1 Å². The Morgan fingerprint density at radius 1 is 1.50 bits per heavy atom. The first-order valence-corrected chi connectivity index (χ1v) is 6.14. The highest BCUT2D eigenvalue weighted by Gasteiger charge is 2.21. The van der Waals surface area contributed by atoms with Crippen LogP contribution in [0, 0.1) is 12.8 Å². The molecule has 0 aliphatic carbocycles. The molecule has 0 aliphatic heterocycles. The molecular formula is C12H24N4. The van der Waals surface area contributed by atoms with Crippen molar-refractivity contribution in [3.63, 3.8) is 0 Å². The van der Waals surface area contributed by atoms with Crippen molar-refractivity contribution < 1.29 is 0 Å². The maximum absolute atomic E-state index is 5.68. The van der Waals surface area contributed by atoms with Crippen LogP contribution in [0.1, 0.15) is 51.0 Å². The standard InChI is InChI=1S/C12H24N4/c1-5-7-9(3)12(14-13)11-8-10(4)15-16(11)6-2/h8-9,12,14H,5-7,13H2,1-4H3. The largest absolute Gasteiger partial charge is 0.271 e. The Labute approximate surface area is 98.2 Å². The van der Waals surface area contributed by atoms with Crippen LogP contribution >= 0.6 is 0 Å². The minimum absolute atomic E-state index is 0.195. The van der Waals surface area contributed by atoms with Crippen LogP contribution in [-0.4, -0.2) is 9.78 Å². The highest BCUT2D eigenvalue weighted by atomic mass is 15.3. The molecule has 2 atom stereocenters. The summed E-state index contributed by atoms with van der Waals surface area (Å²) in [5.41, 5.74) is 5.18. The third-order valence-electron chi connectivity index (χ3n) is 3.04. The van der Waals surface area contributed by atoms with Crippen LogP contribution in [0.15, 0.2) is 6.07 Å². The molecular weight excluding hydrogens is 200 g/mol. The number of aromatic nitrogens is 2. The van der Waals surface area contributed by atoms with E-state index < -0.39 is 0 Å². The lowest BCUT2D eigenvalue weighted by Gasteiger charge is -2.23. The van der Waals surface area contributed by atoms with Gasteiger partial charge < -0.3 is 0 Å². The molecule has 0 fully saturated rings. The molecule has 0 aliphatic rings. The number of aryl methyl sites for hydroxylation is 2. The number of nitrogens with one attached hydrogen (secondary N) is 1. The summed E-state index contributed by atoms with van der Waals surface area (Å²) in [5.74, 6) is 6.20. The zero-order valence-corrected chi connectivity index (χ0v) is 10.8. The second kappa shape index (κ2) is 6.01. The van der Waals surface area contributed by atoms with E-state index in [1.807, 2.05) is 11.6 Å². The summed E-state index contributed by atoms with van der Waals surface area (Å²) in [4.78, 5) is 0. The van der Waals surface area contributed by atoms with Crippen molar-refractivity contribution in [2.24, 2.45) is 11.8 Å². The lowest BCUT2D eigenvalue weighted by molar-refractivity contribution is 0.347. The third kappa shape index (κ3) is 2.83. The van der Waals surface area contributed by atoms with E-state index in [9.17, 15) is 0 Å². The SMILES string of the molecule is CCCC(C)C(NN)c1cc(C)nn1CC. The second-order valence-corrected chi connectivity index (χ2v) is 4.44. The fourth-order valence-electron chi connectivity index (χ4n) is 2.23. The molecule has 1 rings (SSSR count). The van der Waals surface area contributed by atoms with Gasteiger partial charge in [-0.15, -0.1) is 0 Å². The summed E-state index contributed by atoms with van der Waals surface area (Å²) >= 11 is 0. The van der Waals surface area contributed by atoms with Crippen molar-refractivity contribution in [2.75, 3.05) is 0 Å². The summed E-state index contributed by atoms with van der Waals surface area (Å²) in [5, 5.41) is 4.46. The fourth-order valence-corrected chi connectivity index (χ4v) is 2.23. The van der Waals surface area contributed by atoms with E-state index in [1.54, 1.807) is 0 Å². The Bertz CT molecular complexity index is 319. The summed E-state index contributed by atoms with van der Waals surface area (Å²) < 4.78 is 2.03. The monoisotopic (exact) mass is 224 g/mol. The van der Waals surface area contributed by atoms with Gasteiger partial charge in [-0.2, -0.15) is 5.10 Å². The summed E-state index contributed by atoms with van der Waals surface area (Å²) in [6.07, 6.45) is 2.35. The van der Waals surface area contributed by atoms with Crippen LogP contribution in [0.2, 0.25) is 0 Å². The summed E-state index contributed by atoms with van der Waals surface area (Å²) in [7, 11) is 0. The predicted molar refractivity (Wildman–Crippen MR) is 66.8 cm³/mol. The molecule has 0 aromatic carbocycles. The van der Waals surface area contributed by atoms with Gasteiger partial charge in [-0.05, 0) is 32.3 Å². The number of hydrogen-bond donors (Lipinski definition) is 2. The number of hydrogen-bond acceptors (Lipinski definition) is 3. The molecule has 0 radical (unpaired) electrons. The Kier molecular flexibility index (Phi) is 4.96. The third-order valence-corrected chi connectivity index (χ3v) is 3.04. The minimum atomic E-state index is 0.195. The molecule has 0 saturated carbocycles. The average Bonchev–Trinajstić information content (AvgIpc) is 2.61. The van der Waals surface area contributed by atoms with Gasteiger partial charge in [-0.1, -0.05) is 20.3 Å². The first-order chi connectivity index (χ1) is 7.63. The van der Waals surface area contributed by atoms with Gasteiger partial charge in [-0.25, -0.2) is 0 Å². The molecule has 16 heavy (non-hydrogen) atoms. The highest BCUT2D eigenvalue weighted by Crippen LogP contribution is 2.25. The number of nitrogens with zero attached hydrogens (tertiary/aromatic N) is 2. The fraction of sp³-hybridized carbons (Fsp3) is 0.750. The van der Waals surface area contributed by atoms with Gasteiger partial charge in [0, 0.05) is 6.54 Å². The van der Waals surface area contributed by atoms with Crippen LogP contribution in [-0.2, 0) is 6.54 Å². The van der Waals surface area contributed by atoms with Crippen LogP contribution < -0.4 is 11.3 Å². The Hall–Kier alpha value is -0.870. The van der Waals surface area contributed by atoms with Gasteiger partial charge in [0.1, 0.15) is 0 Å². The smallest absolute Gasteiger partial charge is 0.0654 e. The van der Waals surface area contributed by atoms with Crippen LogP contribution in [0.25, 0.3) is 0 Å². The van der Waals surface area contributed by atoms with E-state index in [2.05, 4.69) is 37.4 Å². The normalized spacial score (nSPS) is 15.1. The minimum Gasteiger partial charge on any atom is -0.271 e. The molecule has 0 amide bonds. The van der Waals surface area contributed by atoms with Crippen LogP contribution in [0.5, 0.6) is 0 Å². The maximum Gasteiger partial charge on any atom is 0.0654 e. The molecule has 0 saturated heterocycles. The topological polar surface area (TPSA) is 55.9 Å². The van der Waals surface area contributed by atoms with E-state index in [0.29, 0.717) is 5.92 Å². The van der Waals surface area contributed by atoms with Crippen molar-refractivity contribution in [1.82, 2.24) is 15.2 Å². The first kappa shape index (κ1) is 13.2. The molecule has 2 unspecified atom stereocenters. The quantitative estimate of drug-likeness (QED) is 0.575.